The second-order valence-corrected chi connectivity index (χ2v) is 6.81. The van der Waals surface area contributed by atoms with Gasteiger partial charge in [-0.1, -0.05) is 19.9 Å². The summed E-state index contributed by atoms with van der Waals surface area (Å²) < 4.78 is 11.2. The monoisotopic (exact) mass is 320 g/mol. The molecule has 3 rings (SSSR count). The smallest absolute Gasteiger partial charge is 0.237 e. The number of fused-ring (bicyclic) bond motifs is 1. The van der Waals surface area contributed by atoms with Gasteiger partial charge in [0.1, 0.15) is 13.2 Å². The molecule has 6 heteroatoms. The van der Waals surface area contributed by atoms with E-state index in [-0.39, 0.29) is 17.4 Å². The summed E-state index contributed by atoms with van der Waals surface area (Å²) in [5.74, 6) is 1.46. The molecule has 0 radical (unpaired) electrons. The van der Waals surface area contributed by atoms with Crippen LogP contribution in [0.15, 0.2) is 18.2 Å². The molecule has 126 valence electrons. The third-order valence-corrected chi connectivity index (χ3v) is 4.45. The molecular weight excluding hydrogens is 296 g/mol. The maximum atomic E-state index is 12.2. The number of carbonyl (C=O) groups is 1. The van der Waals surface area contributed by atoms with Crippen LogP contribution in [0.4, 0.5) is 0 Å². The molecule has 6 nitrogen and oxygen atoms in total. The summed E-state index contributed by atoms with van der Waals surface area (Å²) >= 11 is 0. The maximum Gasteiger partial charge on any atom is 0.237 e. The molecule has 0 bridgehead atoms. The number of β-amino-alcohol motifs (C(OH)–C–C–N with tert-alkyl or cyclic N) is 1. The Morgan fingerprint density at radius 1 is 1.35 bits per heavy atom. The van der Waals surface area contributed by atoms with Crippen LogP contribution in [0.1, 0.15) is 25.8 Å². The van der Waals surface area contributed by atoms with Gasteiger partial charge in [-0.3, -0.25) is 4.79 Å². The SMILES string of the molecule is CC(C)(CNC(=O)[C@H]1C[C@@H](O)CN1)c1ccc2c(c1)OCCO2. The standard InChI is InChI=1S/C17H24N2O4/c1-17(2,10-19-16(21)13-8-12(20)9-18-13)11-3-4-14-15(7-11)23-6-5-22-14/h3-4,7,12-13,18,20H,5-6,8-10H2,1-2H3,(H,19,21)/t12-,13-/m1/s1. The van der Waals surface area contributed by atoms with Gasteiger partial charge in [0.2, 0.25) is 5.91 Å². The van der Waals surface area contributed by atoms with Crippen LogP contribution in [-0.2, 0) is 10.2 Å². The zero-order valence-corrected chi connectivity index (χ0v) is 13.6. The fraction of sp³-hybridized carbons (Fsp3) is 0.588. The largest absolute Gasteiger partial charge is 0.486 e. The zero-order chi connectivity index (χ0) is 16.4. The zero-order valence-electron chi connectivity index (χ0n) is 13.6. The molecule has 2 heterocycles. The van der Waals surface area contributed by atoms with Gasteiger partial charge in [0.05, 0.1) is 12.1 Å². The molecule has 0 spiro atoms. The summed E-state index contributed by atoms with van der Waals surface area (Å²) in [6.07, 6.45) is 0.0348. The summed E-state index contributed by atoms with van der Waals surface area (Å²) in [5, 5.41) is 15.5. The van der Waals surface area contributed by atoms with Gasteiger partial charge in [-0.2, -0.15) is 0 Å². The highest BCUT2D eigenvalue weighted by Crippen LogP contribution is 2.34. The van der Waals surface area contributed by atoms with E-state index in [0.717, 1.165) is 17.1 Å². The molecule has 1 aromatic carbocycles. The van der Waals surface area contributed by atoms with Crippen molar-refractivity contribution in [3.8, 4) is 11.5 Å². The van der Waals surface area contributed by atoms with Crippen LogP contribution in [0.3, 0.4) is 0 Å². The molecule has 2 atom stereocenters. The van der Waals surface area contributed by atoms with Crippen LogP contribution in [0.25, 0.3) is 0 Å². The predicted octanol–water partition coefficient (Wildman–Crippen LogP) is 0.574. The Hall–Kier alpha value is -1.79. The molecule has 2 aliphatic rings. The van der Waals surface area contributed by atoms with Gasteiger partial charge in [0, 0.05) is 18.5 Å². The second kappa shape index (κ2) is 6.37. The molecule has 0 saturated carbocycles. The Bertz CT molecular complexity index is 588. The minimum atomic E-state index is -0.434. The molecule has 0 unspecified atom stereocenters. The first kappa shape index (κ1) is 16.1. The van der Waals surface area contributed by atoms with Crippen LogP contribution in [0.2, 0.25) is 0 Å². The van der Waals surface area contributed by atoms with Gasteiger partial charge in [0.15, 0.2) is 11.5 Å². The quantitative estimate of drug-likeness (QED) is 0.756. The van der Waals surface area contributed by atoms with Gasteiger partial charge < -0.3 is 25.2 Å². The highest BCUT2D eigenvalue weighted by Gasteiger charge is 2.30. The van der Waals surface area contributed by atoms with E-state index in [9.17, 15) is 9.90 Å². The van der Waals surface area contributed by atoms with Crippen molar-refractivity contribution in [3.05, 3.63) is 23.8 Å². The molecule has 1 saturated heterocycles. The number of carbonyl (C=O) groups excluding carboxylic acids is 1. The highest BCUT2D eigenvalue weighted by atomic mass is 16.6. The summed E-state index contributed by atoms with van der Waals surface area (Å²) in [6, 6.07) is 5.61. The molecule has 23 heavy (non-hydrogen) atoms. The molecule has 1 fully saturated rings. The summed E-state index contributed by atoms with van der Waals surface area (Å²) in [5.41, 5.74) is 0.851. The van der Waals surface area contributed by atoms with Crippen LogP contribution < -0.4 is 20.1 Å². The van der Waals surface area contributed by atoms with Crippen molar-refractivity contribution in [3.63, 3.8) is 0 Å². The first-order valence-electron chi connectivity index (χ1n) is 8.05. The van der Waals surface area contributed by atoms with Crippen molar-refractivity contribution in [1.29, 1.82) is 0 Å². The lowest BCUT2D eigenvalue weighted by molar-refractivity contribution is -0.123. The first-order chi connectivity index (χ1) is 11.0. The van der Waals surface area contributed by atoms with Crippen molar-refractivity contribution < 1.29 is 19.4 Å². The lowest BCUT2D eigenvalue weighted by Crippen LogP contribution is -2.45. The lowest BCUT2D eigenvalue weighted by Gasteiger charge is -2.28. The van der Waals surface area contributed by atoms with E-state index in [1.807, 2.05) is 18.2 Å². The van der Waals surface area contributed by atoms with Crippen LogP contribution >= 0.6 is 0 Å². The number of hydrogen-bond acceptors (Lipinski definition) is 5. The van der Waals surface area contributed by atoms with Crippen LogP contribution in [0, 0.1) is 0 Å². The molecule has 3 N–H and O–H groups in total. The molecule has 0 aromatic heterocycles. The van der Waals surface area contributed by atoms with E-state index in [1.54, 1.807) is 0 Å². The van der Waals surface area contributed by atoms with E-state index >= 15 is 0 Å². The molecule has 0 aliphatic carbocycles. The minimum Gasteiger partial charge on any atom is -0.486 e. The van der Waals surface area contributed by atoms with Gasteiger partial charge in [-0.25, -0.2) is 0 Å². The van der Waals surface area contributed by atoms with Gasteiger partial charge in [-0.05, 0) is 24.1 Å². The first-order valence-corrected chi connectivity index (χ1v) is 8.05. The average molecular weight is 320 g/mol. The predicted molar refractivity (Wildman–Crippen MR) is 85.9 cm³/mol. The maximum absolute atomic E-state index is 12.2. The number of amides is 1. The fourth-order valence-electron chi connectivity index (χ4n) is 2.91. The van der Waals surface area contributed by atoms with Crippen LogP contribution in [-0.4, -0.2) is 49.5 Å². The normalized spacial score (nSPS) is 23.6. The third kappa shape index (κ3) is 3.59. The van der Waals surface area contributed by atoms with Gasteiger partial charge in [0.25, 0.3) is 0 Å². The lowest BCUT2D eigenvalue weighted by atomic mass is 9.84. The van der Waals surface area contributed by atoms with Gasteiger partial charge >= 0.3 is 0 Å². The number of ether oxygens (including phenoxy) is 2. The fourth-order valence-corrected chi connectivity index (χ4v) is 2.91. The summed E-state index contributed by atoms with van der Waals surface area (Å²) in [6.45, 7) is 6.28. The van der Waals surface area contributed by atoms with E-state index in [1.165, 1.54) is 0 Å². The van der Waals surface area contributed by atoms with E-state index in [0.29, 0.717) is 32.7 Å². The topological polar surface area (TPSA) is 79.8 Å². The van der Waals surface area contributed by atoms with Crippen molar-refractivity contribution >= 4 is 5.91 Å². The molecule has 2 aliphatic heterocycles. The minimum absolute atomic E-state index is 0.0628. The molecule has 1 amide bonds. The second-order valence-electron chi connectivity index (χ2n) is 6.81. The van der Waals surface area contributed by atoms with Crippen molar-refractivity contribution in [2.24, 2.45) is 0 Å². The Balaban J connectivity index is 1.63. The Morgan fingerprint density at radius 3 is 2.78 bits per heavy atom. The number of hydrogen-bond donors (Lipinski definition) is 3. The van der Waals surface area contributed by atoms with Crippen molar-refractivity contribution in [1.82, 2.24) is 10.6 Å². The van der Waals surface area contributed by atoms with Gasteiger partial charge in [-0.15, -0.1) is 0 Å². The van der Waals surface area contributed by atoms with E-state index < -0.39 is 6.10 Å². The van der Waals surface area contributed by atoms with Crippen molar-refractivity contribution in [2.75, 3.05) is 26.3 Å². The summed E-state index contributed by atoms with van der Waals surface area (Å²) in [7, 11) is 0. The number of aliphatic hydroxyl groups excluding tert-OH is 1. The van der Waals surface area contributed by atoms with Crippen LogP contribution in [0.5, 0.6) is 11.5 Å². The number of rotatable bonds is 4. The van der Waals surface area contributed by atoms with E-state index in [4.69, 9.17) is 9.47 Å². The number of aliphatic hydroxyl groups is 1. The Kier molecular flexibility index (Phi) is 4.46. The third-order valence-electron chi connectivity index (χ3n) is 4.45. The Labute approximate surface area is 136 Å². The van der Waals surface area contributed by atoms with E-state index in [2.05, 4.69) is 24.5 Å². The number of nitrogens with one attached hydrogen (secondary N) is 2. The highest BCUT2D eigenvalue weighted by molar-refractivity contribution is 5.82. The summed E-state index contributed by atoms with van der Waals surface area (Å²) in [4.78, 5) is 12.2. The molecule has 1 aromatic rings. The average Bonchev–Trinajstić information content (AvgIpc) is 2.99. The molecular formula is C17H24N2O4. The van der Waals surface area contributed by atoms with Crippen molar-refractivity contribution in [2.45, 2.75) is 37.8 Å². The number of benzene rings is 1. The Morgan fingerprint density at radius 2 is 2.09 bits per heavy atom.